The molecule has 0 aromatic heterocycles. The monoisotopic (exact) mass is 1320 g/mol. The van der Waals surface area contributed by atoms with E-state index in [4.69, 9.17) is 13.6 Å². The zero-order valence-corrected chi connectivity index (χ0v) is 29.4. The molecular formula is C6H6I9O4P. The summed E-state index contributed by atoms with van der Waals surface area (Å²) < 4.78 is 28.4. The second kappa shape index (κ2) is 11.6. The molecule has 0 aromatic rings. The van der Waals surface area contributed by atoms with Gasteiger partial charge in [0, 0.05) is 0 Å². The molecule has 4 nitrogen and oxygen atoms in total. The summed E-state index contributed by atoms with van der Waals surface area (Å²) >= 11 is 19.9. The van der Waals surface area contributed by atoms with Crippen LogP contribution in [-0.2, 0) is 18.1 Å². The standard InChI is InChI=1S/C6H6I9O4P/c7-4(8,9)1-17-20(16,18-2-5(10,11)12)19-3-6(13,14)15/h1-3H2. The molecule has 14 heteroatoms. The summed E-state index contributed by atoms with van der Waals surface area (Å²) in [7, 11) is -3.55. The molecule has 0 atom stereocenters. The van der Waals surface area contributed by atoms with Gasteiger partial charge in [-0.1, -0.05) is 203 Å². The number of alkyl halides is 9. The molecule has 0 spiro atoms. The highest BCUT2D eigenvalue weighted by Crippen LogP contribution is 2.55. The highest BCUT2D eigenvalue weighted by Gasteiger charge is 2.36. The van der Waals surface area contributed by atoms with Gasteiger partial charge in [0.2, 0.25) is 0 Å². The Morgan fingerprint density at radius 3 is 0.950 bits per heavy atom. The summed E-state index contributed by atoms with van der Waals surface area (Å²) in [6, 6.07) is 0. The quantitative estimate of drug-likeness (QED) is 0.134. The van der Waals surface area contributed by atoms with Gasteiger partial charge in [0.25, 0.3) is 0 Å². The van der Waals surface area contributed by atoms with Gasteiger partial charge in [0.1, 0.15) is -1.69 Å². The summed E-state index contributed by atoms with van der Waals surface area (Å²) in [6.07, 6.45) is 0. The van der Waals surface area contributed by atoms with Gasteiger partial charge < -0.3 is 0 Å². The van der Waals surface area contributed by atoms with Gasteiger partial charge in [-0.25, -0.2) is 4.57 Å². The number of hydrogen-bond acceptors (Lipinski definition) is 4. The lowest BCUT2D eigenvalue weighted by Gasteiger charge is -2.24. The third kappa shape index (κ3) is 18.1. The van der Waals surface area contributed by atoms with E-state index >= 15 is 0 Å². The van der Waals surface area contributed by atoms with Crippen molar-refractivity contribution in [1.82, 2.24) is 0 Å². The summed E-state index contributed by atoms with van der Waals surface area (Å²) in [5.41, 5.74) is 0. The highest BCUT2D eigenvalue weighted by molar-refractivity contribution is 14.3. The molecule has 122 valence electrons. The van der Waals surface area contributed by atoms with Crippen molar-refractivity contribution >= 4 is 211 Å². The number of halogens is 9. The Kier molecular flexibility index (Phi) is 15.5. The molecule has 0 aromatic carbocycles. The van der Waals surface area contributed by atoms with Crippen LogP contribution in [0.3, 0.4) is 0 Å². The van der Waals surface area contributed by atoms with E-state index < -0.39 is 7.82 Å². The van der Waals surface area contributed by atoms with E-state index in [-0.39, 0.29) is 18.1 Å². The summed E-state index contributed by atoms with van der Waals surface area (Å²) in [5.74, 6) is 0. The first kappa shape index (κ1) is 26.7. The van der Waals surface area contributed by atoms with E-state index in [9.17, 15) is 4.57 Å². The smallest absolute Gasteiger partial charge is 0.284 e. The van der Waals surface area contributed by atoms with E-state index in [2.05, 4.69) is 203 Å². The van der Waals surface area contributed by atoms with E-state index in [0.717, 1.165) is 0 Å². The molecule has 0 bridgehead atoms. The first-order chi connectivity index (χ1) is 8.62. The van der Waals surface area contributed by atoms with Crippen LogP contribution in [-0.4, -0.2) is 18.1 Å². The molecule has 0 saturated carbocycles. The Bertz CT molecular complexity index is 294. The molecule has 20 heavy (non-hydrogen) atoms. The maximum absolute atomic E-state index is 12.7. The fourth-order valence-electron chi connectivity index (χ4n) is 0.569. The van der Waals surface area contributed by atoms with E-state index in [1.165, 1.54) is 0 Å². The number of hydrogen-bond donors (Lipinski definition) is 0. The minimum atomic E-state index is -3.55. The van der Waals surface area contributed by atoms with E-state index in [1.54, 1.807) is 0 Å². The predicted molar refractivity (Wildman–Crippen MR) is 160 cm³/mol. The number of phosphoric acid groups is 1. The highest BCUT2D eigenvalue weighted by atomic mass is 127. The lowest BCUT2D eigenvalue weighted by atomic mass is 10.9. The zero-order chi connectivity index (χ0) is 16.2. The van der Waals surface area contributed by atoms with Gasteiger partial charge in [0.15, 0.2) is 0 Å². The van der Waals surface area contributed by atoms with E-state index in [1.807, 2.05) is 0 Å². The van der Waals surface area contributed by atoms with Gasteiger partial charge in [-0.2, -0.15) is 0 Å². The van der Waals surface area contributed by atoms with Gasteiger partial charge in [-0.15, -0.1) is 0 Å². The topological polar surface area (TPSA) is 44.8 Å². The van der Waals surface area contributed by atoms with Gasteiger partial charge in [-0.3, -0.25) is 13.6 Å². The Labute approximate surface area is 241 Å². The van der Waals surface area contributed by atoms with Gasteiger partial charge in [-0.05, 0) is 0 Å². The largest absolute Gasteiger partial charge is 0.475 e. The van der Waals surface area contributed by atoms with Crippen molar-refractivity contribution in [3.05, 3.63) is 0 Å². The lowest BCUT2D eigenvalue weighted by molar-refractivity contribution is 0.126. The van der Waals surface area contributed by atoms with Crippen molar-refractivity contribution in [1.29, 1.82) is 0 Å². The minimum Gasteiger partial charge on any atom is -0.284 e. The number of rotatable bonds is 9. The van der Waals surface area contributed by atoms with Crippen LogP contribution in [0.25, 0.3) is 0 Å². The average Bonchev–Trinajstić information content (AvgIpc) is 2.18. The van der Waals surface area contributed by atoms with Crippen molar-refractivity contribution < 1.29 is 18.1 Å². The van der Waals surface area contributed by atoms with Crippen LogP contribution >= 0.6 is 211 Å². The molecule has 0 radical (unpaired) electrons. The normalized spacial score (nSPS) is 14.7. The zero-order valence-electron chi connectivity index (χ0n) is 9.10. The Hall–Kier alpha value is 6.68. The van der Waals surface area contributed by atoms with Crippen molar-refractivity contribution in [3.8, 4) is 0 Å². The SMILES string of the molecule is O=P(OCC(I)(I)I)(OCC(I)(I)I)OCC(I)(I)I. The molecule has 0 aliphatic carbocycles. The predicted octanol–water partition coefficient (Wildman–Crippen LogP) is 8.02. The van der Waals surface area contributed by atoms with Crippen LogP contribution in [0.1, 0.15) is 0 Å². The van der Waals surface area contributed by atoms with Gasteiger partial charge >= 0.3 is 7.82 Å². The van der Waals surface area contributed by atoms with Crippen LogP contribution in [0.5, 0.6) is 0 Å². The van der Waals surface area contributed by atoms with Crippen molar-refractivity contribution in [2.75, 3.05) is 19.8 Å². The Balaban J connectivity index is 4.71. The van der Waals surface area contributed by atoms with Gasteiger partial charge in [0.05, 0.1) is 19.8 Å². The van der Waals surface area contributed by atoms with Crippen LogP contribution in [0.4, 0.5) is 0 Å². The van der Waals surface area contributed by atoms with Crippen LogP contribution in [0.15, 0.2) is 0 Å². The fourth-order valence-corrected chi connectivity index (χ4v) is 5.47. The van der Waals surface area contributed by atoms with Crippen LogP contribution < -0.4 is 0 Å². The molecule has 0 rings (SSSR count). The molecule has 0 saturated heterocycles. The summed E-state index contributed by atoms with van der Waals surface area (Å²) in [5, 5.41) is 0. The summed E-state index contributed by atoms with van der Waals surface area (Å²) in [4.78, 5) is 0. The first-order valence-electron chi connectivity index (χ1n) is 4.36. The van der Waals surface area contributed by atoms with Crippen LogP contribution in [0, 0.1) is 0 Å². The molecule has 0 aliphatic heterocycles. The number of phosphoric ester groups is 1. The average molecular weight is 1320 g/mol. The maximum atomic E-state index is 12.7. The van der Waals surface area contributed by atoms with Crippen molar-refractivity contribution in [2.45, 2.75) is -1.69 Å². The van der Waals surface area contributed by atoms with Crippen molar-refractivity contribution in [2.24, 2.45) is 0 Å². The second-order valence-corrected chi connectivity index (χ2v) is 39.9. The van der Waals surface area contributed by atoms with Crippen molar-refractivity contribution in [3.63, 3.8) is 0 Å². The Morgan fingerprint density at radius 2 is 0.800 bits per heavy atom. The third-order valence-electron chi connectivity index (χ3n) is 1.16. The fraction of sp³-hybridized carbons (Fsp3) is 1.00. The van der Waals surface area contributed by atoms with Crippen LogP contribution in [0.2, 0.25) is 0 Å². The second-order valence-electron chi connectivity index (χ2n) is 3.11. The molecule has 0 heterocycles. The third-order valence-corrected chi connectivity index (χ3v) is 5.30. The molecule has 0 unspecified atom stereocenters. The molecule has 0 amide bonds. The molecule has 0 fully saturated rings. The lowest BCUT2D eigenvalue weighted by Crippen LogP contribution is -2.18. The Morgan fingerprint density at radius 1 is 0.600 bits per heavy atom. The minimum absolute atomic E-state index is 0.193. The van der Waals surface area contributed by atoms with E-state index in [0.29, 0.717) is 0 Å². The molecule has 0 N–H and O–H groups in total. The first-order valence-corrected chi connectivity index (χ1v) is 15.5. The summed E-state index contributed by atoms with van der Waals surface area (Å²) in [6.45, 7) is 0.832. The molecule has 0 aliphatic rings. The maximum Gasteiger partial charge on any atom is 0.475 e. The molecular weight excluding hydrogens is 1310 g/mol.